The van der Waals surface area contributed by atoms with Crippen molar-refractivity contribution in [2.24, 2.45) is 5.92 Å². The third-order valence-electron chi connectivity index (χ3n) is 3.63. The lowest BCUT2D eigenvalue weighted by Gasteiger charge is -2.32. The zero-order chi connectivity index (χ0) is 13.0. The van der Waals surface area contributed by atoms with Crippen molar-refractivity contribution in [3.05, 3.63) is 23.9 Å². The molecule has 18 heavy (non-hydrogen) atoms. The Kier molecular flexibility index (Phi) is 4.18. The summed E-state index contributed by atoms with van der Waals surface area (Å²) in [5.74, 6) is 1.28. The molecule has 2 N–H and O–H groups in total. The number of nitrogens with zero attached hydrogens (tertiary/aromatic N) is 2. The van der Waals surface area contributed by atoms with E-state index in [1.54, 1.807) is 18.3 Å². The number of anilines is 1. The molecule has 0 atom stereocenters. The van der Waals surface area contributed by atoms with Crippen molar-refractivity contribution in [1.29, 1.82) is 0 Å². The first-order valence-electron chi connectivity index (χ1n) is 6.71. The molecular formula is C14H21N3O. The van der Waals surface area contributed by atoms with Crippen molar-refractivity contribution >= 4 is 11.7 Å². The third-order valence-corrected chi connectivity index (χ3v) is 3.63. The molecule has 0 saturated carbocycles. The predicted molar refractivity (Wildman–Crippen MR) is 72.2 cm³/mol. The second-order valence-electron chi connectivity index (χ2n) is 4.99. The number of likely N-dealkylation sites (tertiary alicyclic amines) is 1. The fraction of sp³-hybridized carbons (Fsp3) is 0.571. The van der Waals surface area contributed by atoms with Gasteiger partial charge in [0.15, 0.2) is 0 Å². The lowest BCUT2D eigenvalue weighted by atomic mass is 9.92. The minimum Gasteiger partial charge on any atom is -0.384 e. The SMILES string of the molecule is CCCC1CCN(C(=O)c2ccnc(N)c2)CC1. The van der Waals surface area contributed by atoms with Crippen LogP contribution in [-0.4, -0.2) is 28.9 Å². The van der Waals surface area contributed by atoms with Gasteiger partial charge in [0.05, 0.1) is 0 Å². The van der Waals surface area contributed by atoms with Crippen LogP contribution in [0.15, 0.2) is 18.3 Å². The smallest absolute Gasteiger partial charge is 0.254 e. The van der Waals surface area contributed by atoms with E-state index in [1.807, 2.05) is 4.90 Å². The number of piperidine rings is 1. The van der Waals surface area contributed by atoms with Gasteiger partial charge >= 0.3 is 0 Å². The second kappa shape index (κ2) is 5.85. The number of nitrogen functional groups attached to an aromatic ring is 1. The van der Waals surface area contributed by atoms with Crippen molar-refractivity contribution in [2.75, 3.05) is 18.8 Å². The van der Waals surface area contributed by atoms with Gasteiger partial charge in [0.25, 0.3) is 5.91 Å². The van der Waals surface area contributed by atoms with Crippen LogP contribution < -0.4 is 5.73 Å². The van der Waals surface area contributed by atoms with E-state index in [0.29, 0.717) is 11.4 Å². The molecule has 0 aliphatic carbocycles. The van der Waals surface area contributed by atoms with Gasteiger partial charge in [-0.05, 0) is 30.9 Å². The van der Waals surface area contributed by atoms with E-state index in [2.05, 4.69) is 11.9 Å². The molecule has 2 heterocycles. The molecule has 2 rings (SSSR count). The minimum atomic E-state index is 0.0825. The van der Waals surface area contributed by atoms with Crippen molar-refractivity contribution in [2.45, 2.75) is 32.6 Å². The Hall–Kier alpha value is -1.58. The van der Waals surface area contributed by atoms with Gasteiger partial charge in [-0.1, -0.05) is 19.8 Å². The lowest BCUT2D eigenvalue weighted by molar-refractivity contribution is 0.0686. The van der Waals surface area contributed by atoms with Crippen LogP contribution in [0.5, 0.6) is 0 Å². The van der Waals surface area contributed by atoms with Crippen molar-refractivity contribution in [3.63, 3.8) is 0 Å². The molecule has 1 aromatic heterocycles. The Morgan fingerprint density at radius 1 is 1.50 bits per heavy atom. The Bertz CT molecular complexity index is 411. The number of amides is 1. The van der Waals surface area contributed by atoms with Gasteiger partial charge in [0.1, 0.15) is 5.82 Å². The van der Waals surface area contributed by atoms with E-state index in [-0.39, 0.29) is 5.91 Å². The summed E-state index contributed by atoms with van der Waals surface area (Å²) in [4.78, 5) is 18.1. The van der Waals surface area contributed by atoms with E-state index in [4.69, 9.17) is 5.73 Å². The van der Waals surface area contributed by atoms with Gasteiger partial charge in [-0.3, -0.25) is 4.79 Å². The summed E-state index contributed by atoms with van der Waals surface area (Å²) in [5.41, 5.74) is 6.26. The third kappa shape index (κ3) is 3.00. The van der Waals surface area contributed by atoms with E-state index in [9.17, 15) is 4.79 Å². The molecule has 4 nitrogen and oxygen atoms in total. The monoisotopic (exact) mass is 247 g/mol. The number of aromatic nitrogens is 1. The number of hydrogen-bond donors (Lipinski definition) is 1. The molecular weight excluding hydrogens is 226 g/mol. The summed E-state index contributed by atoms with van der Waals surface area (Å²) >= 11 is 0. The predicted octanol–water partition coefficient (Wildman–Crippen LogP) is 2.32. The van der Waals surface area contributed by atoms with Crippen LogP contribution in [0.25, 0.3) is 0 Å². The summed E-state index contributed by atoms with van der Waals surface area (Å²) in [6, 6.07) is 3.39. The van der Waals surface area contributed by atoms with Crippen LogP contribution in [-0.2, 0) is 0 Å². The number of carbonyl (C=O) groups excluding carboxylic acids is 1. The van der Waals surface area contributed by atoms with Gasteiger partial charge in [-0.25, -0.2) is 4.98 Å². The molecule has 1 saturated heterocycles. The van der Waals surface area contributed by atoms with Gasteiger partial charge < -0.3 is 10.6 Å². The van der Waals surface area contributed by atoms with Crippen LogP contribution >= 0.6 is 0 Å². The number of nitrogens with two attached hydrogens (primary N) is 1. The maximum atomic E-state index is 12.3. The fourth-order valence-corrected chi connectivity index (χ4v) is 2.60. The van der Waals surface area contributed by atoms with Crippen LogP contribution in [0.4, 0.5) is 5.82 Å². The van der Waals surface area contributed by atoms with Gasteiger partial charge in [0.2, 0.25) is 0 Å². The average Bonchev–Trinajstić information content (AvgIpc) is 2.39. The highest BCUT2D eigenvalue weighted by atomic mass is 16.2. The average molecular weight is 247 g/mol. The molecule has 1 amide bonds. The summed E-state index contributed by atoms with van der Waals surface area (Å²) in [6.07, 6.45) is 6.36. The molecule has 1 fully saturated rings. The van der Waals surface area contributed by atoms with Gasteiger partial charge in [0, 0.05) is 24.8 Å². The van der Waals surface area contributed by atoms with Gasteiger partial charge in [-0.15, -0.1) is 0 Å². The highest BCUT2D eigenvalue weighted by Crippen LogP contribution is 2.22. The zero-order valence-electron chi connectivity index (χ0n) is 10.9. The summed E-state index contributed by atoms with van der Waals surface area (Å²) in [6.45, 7) is 3.95. The van der Waals surface area contributed by atoms with Crippen LogP contribution in [0.2, 0.25) is 0 Å². The molecule has 0 aromatic carbocycles. The fourth-order valence-electron chi connectivity index (χ4n) is 2.60. The molecule has 0 radical (unpaired) electrons. The topological polar surface area (TPSA) is 59.2 Å². The van der Waals surface area contributed by atoms with Crippen molar-refractivity contribution in [3.8, 4) is 0 Å². The van der Waals surface area contributed by atoms with E-state index < -0.39 is 0 Å². The summed E-state index contributed by atoms with van der Waals surface area (Å²) in [7, 11) is 0. The molecule has 1 aliphatic rings. The van der Waals surface area contributed by atoms with E-state index in [0.717, 1.165) is 31.8 Å². The molecule has 1 aliphatic heterocycles. The number of hydrogen-bond acceptors (Lipinski definition) is 3. The van der Waals surface area contributed by atoms with Crippen LogP contribution in [0.1, 0.15) is 43.0 Å². The first-order chi connectivity index (χ1) is 8.70. The minimum absolute atomic E-state index is 0.0825. The first-order valence-corrected chi connectivity index (χ1v) is 6.71. The maximum absolute atomic E-state index is 12.3. The Balaban J connectivity index is 1.95. The molecule has 0 bridgehead atoms. The van der Waals surface area contributed by atoms with Crippen LogP contribution in [0, 0.1) is 5.92 Å². The molecule has 0 spiro atoms. The van der Waals surface area contributed by atoms with Gasteiger partial charge in [-0.2, -0.15) is 0 Å². The highest BCUT2D eigenvalue weighted by molar-refractivity contribution is 5.94. The molecule has 98 valence electrons. The largest absolute Gasteiger partial charge is 0.384 e. The normalized spacial score (nSPS) is 16.8. The maximum Gasteiger partial charge on any atom is 0.254 e. The second-order valence-corrected chi connectivity index (χ2v) is 4.99. The Morgan fingerprint density at radius 3 is 2.83 bits per heavy atom. The lowest BCUT2D eigenvalue weighted by Crippen LogP contribution is -2.38. The highest BCUT2D eigenvalue weighted by Gasteiger charge is 2.23. The standard InChI is InChI=1S/C14H21N3O/c1-2-3-11-5-8-17(9-6-11)14(18)12-4-7-16-13(15)10-12/h4,7,10-11H,2-3,5-6,8-9H2,1H3,(H2,15,16). The van der Waals surface area contributed by atoms with Crippen molar-refractivity contribution in [1.82, 2.24) is 9.88 Å². The number of carbonyl (C=O) groups is 1. The van der Waals surface area contributed by atoms with Crippen LogP contribution in [0.3, 0.4) is 0 Å². The molecule has 0 unspecified atom stereocenters. The Morgan fingerprint density at radius 2 is 2.22 bits per heavy atom. The van der Waals surface area contributed by atoms with Crippen molar-refractivity contribution < 1.29 is 4.79 Å². The summed E-state index contributed by atoms with van der Waals surface area (Å²) in [5, 5.41) is 0. The summed E-state index contributed by atoms with van der Waals surface area (Å²) < 4.78 is 0. The molecule has 4 heteroatoms. The van der Waals surface area contributed by atoms with E-state index in [1.165, 1.54) is 12.8 Å². The van der Waals surface area contributed by atoms with E-state index >= 15 is 0 Å². The first kappa shape index (κ1) is 12.9. The zero-order valence-corrected chi connectivity index (χ0v) is 10.9. The Labute approximate surface area is 108 Å². The number of rotatable bonds is 3. The molecule has 1 aromatic rings. The quantitative estimate of drug-likeness (QED) is 0.891. The number of pyridine rings is 1.